The van der Waals surface area contributed by atoms with Crippen molar-refractivity contribution in [3.63, 3.8) is 0 Å². The van der Waals surface area contributed by atoms with E-state index in [1.807, 2.05) is 20.8 Å². The highest BCUT2D eigenvalue weighted by Gasteiger charge is 2.18. The monoisotopic (exact) mass is 246 g/mol. The average molecular weight is 246 g/mol. The first-order valence-corrected chi connectivity index (χ1v) is 5.91. The van der Waals surface area contributed by atoms with E-state index in [2.05, 4.69) is 15.7 Å². The van der Waals surface area contributed by atoms with E-state index in [0.717, 1.165) is 19.6 Å². The molecular weight excluding hydrogens is 220 g/mol. The van der Waals surface area contributed by atoms with Crippen LogP contribution >= 0.6 is 0 Å². The van der Waals surface area contributed by atoms with Gasteiger partial charge in [-0.15, -0.1) is 0 Å². The number of guanidine groups is 1. The number of nitrogens with zero attached hydrogens (tertiary/aromatic N) is 1. The van der Waals surface area contributed by atoms with Crippen LogP contribution in [0.2, 0.25) is 0 Å². The number of methoxy groups -OCH3 is 1. The summed E-state index contributed by atoms with van der Waals surface area (Å²) in [5.74, 6) is 5.97. The summed E-state index contributed by atoms with van der Waals surface area (Å²) in [5.41, 5.74) is 2.34. The van der Waals surface area contributed by atoms with Crippen molar-refractivity contribution in [1.82, 2.24) is 10.7 Å². The van der Waals surface area contributed by atoms with Crippen LogP contribution in [-0.2, 0) is 9.47 Å². The van der Waals surface area contributed by atoms with Crippen LogP contribution in [0.25, 0.3) is 0 Å². The molecule has 0 bridgehead atoms. The molecule has 6 nitrogen and oxygen atoms in total. The summed E-state index contributed by atoms with van der Waals surface area (Å²) in [5, 5.41) is 3.18. The Labute approximate surface area is 104 Å². The van der Waals surface area contributed by atoms with Gasteiger partial charge in [0.2, 0.25) is 5.96 Å². The van der Waals surface area contributed by atoms with Crippen molar-refractivity contribution in [2.45, 2.75) is 32.7 Å². The van der Waals surface area contributed by atoms with Crippen LogP contribution in [0.15, 0.2) is 4.99 Å². The van der Waals surface area contributed by atoms with Crippen molar-refractivity contribution in [2.24, 2.45) is 10.8 Å². The van der Waals surface area contributed by atoms with Crippen LogP contribution in [0, 0.1) is 0 Å². The van der Waals surface area contributed by atoms with E-state index in [1.54, 1.807) is 7.11 Å². The van der Waals surface area contributed by atoms with Gasteiger partial charge in [-0.05, 0) is 27.2 Å². The molecule has 6 heteroatoms. The first-order chi connectivity index (χ1) is 8.05. The first kappa shape index (κ1) is 16.1. The molecule has 0 unspecified atom stereocenters. The van der Waals surface area contributed by atoms with E-state index >= 15 is 0 Å². The lowest BCUT2D eigenvalue weighted by Crippen LogP contribution is -2.53. The quantitative estimate of drug-likeness (QED) is 0.188. The molecule has 4 N–H and O–H groups in total. The lowest BCUT2D eigenvalue weighted by Gasteiger charge is -2.26. The number of hydrazine groups is 1. The van der Waals surface area contributed by atoms with Crippen molar-refractivity contribution in [3.05, 3.63) is 0 Å². The Morgan fingerprint density at radius 2 is 2.12 bits per heavy atom. The number of nitrogens with two attached hydrogens (primary N) is 1. The topological polar surface area (TPSA) is 80.9 Å². The third-order valence-corrected chi connectivity index (χ3v) is 2.02. The zero-order valence-corrected chi connectivity index (χ0v) is 11.4. The van der Waals surface area contributed by atoms with Gasteiger partial charge in [-0.1, -0.05) is 0 Å². The van der Waals surface area contributed by atoms with Crippen molar-refractivity contribution >= 4 is 5.96 Å². The highest BCUT2D eigenvalue weighted by molar-refractivity contribution is 5.79. The molecule has 0 saturated heterocycles. The van der Waals surface area contributed by atoms with Crippen LogP contribution in [0.5, 0.6) is 0 Å². The predicted molar refractivity (Wildman–Crippen MR) is 69.8 cm³/mol. The molecule has 0 atom stereocenters. The van der Waals surface area contributed by atoms with E-state index in [1.165, 1.54) is 0 Å². The maximum absolute atomic E-state index is 5.40. The molecule has 0 saturated carbocycles. The van der Waals surface area contributed by atoms with Gasteiger partial charge in [-0.25, -0.2) is 5.84 Å². The smallest absolute Gasteiger partial charge is 0.206 e. The highest BCUT2D eigenvalue weighted by Crippen LogP contribution is 2.01. The summed E-state index contributed by atoms with van der Waals surface area (Å²) in [6.45, 7) is 8.73. The molecule has 0 fully saturated rings. The van der Waals surface area contributed by atoms with Gasteiger partial charge in [0.05, 0.1) is 12.1 Å². The average Bonchev–Trinajstić information content (AvgIpc) is 2.27. The summed E-state index contributed by atoms with van der Waals surface area (Å²) >= 11 is 0. The van der Waals surface area contributed by atoms with Crippen molar-refractivity contribution in [1.29, 1.82) is 0 Å². The molecule has 0 aliphatic carbocycles. The minimum atomic E-state index is -0.208. The van der Waals surface area contributed by atoms with Crippen molar-refractivity contribution in [3.8, 4) is 0 Å². The Bertz CT molecular complexity index is 220. The lowest BCUT2D eigenvalue weighted by atomic mass is 10.1. The van der Waals surface area contributed by atoms with Gasteiger partial charge >= 0.3 is 0 Å². The minimum Gasteiger partial charge on any atom is -0.382 e. The SMILES string of the molecule is CCOCCCN=C(NN)NC(C)(C)COC. The van der Waals surface area contributed by atoms with Crippen molar-refractivity contribution < 1.29 is 9.47 Å². The summed E-state index contributed by atoms with van der Waals surface area (Å²) in [6, 6.07) is 0. The lowest BCUT2D eigenvalue weighted by molar-refractivity contribution is 0.139. The number of rotatable bonds is 8. The summed E-state index contributed by atoms with van der Waals surface area (Å²) in [6.07, 6.45) is 0.880. The zero-order valence-electron chi connectivity index (χ0n) is 11.4. The van der Waals surface area contributed by atoms with E-state index in [-0.39, 0.29) is 5.54 Å². The summed E-state index contributed by atoms with van der Waals surface area (Å²) in [7, 11) is 1.66. The van der Waals surface area contributed by atoms with E-state index in [0.29, 0.717) is 19.1 Å². The zero-order chi connectivity index (χ0) is 13.1. The number of nitrogens with one attached hydrogen (secondary N) is 2. The van der Waals surface area contributed by atoms with Gasteiger partial charge in [0, 0.05) is 26.9 Å². The third-order valence-electron chi connectivity index (χ3n) is 2.02. The Morgan fingerprint density at radius 3 is 2.65 bits per heavy atom. The number of aliphatic imine (C=N–C) groups is 1. The molecule has 0 aromatic heterocycles. The van der Waals surface area contributed by atoms with Crippen molar-refractivity contribution in [2.75, 3.05) is 33.5 Å². The fourth-order valence-electron chi connectivity index (χ4n) is 1.34. The molecule has 0 radical (unpaired) electrons. The molecule has 0 aliphatic rings. The fourth-order valence-corrected chi connectivity index (χ4v) is 1.34. The van der Waals surface area contributed by atoms with Crippen LogP contribution in [0.4, 0.5) is 0 Å². The fraction of sp³-hybridized carbons (Fsp3) is 0.909. The van der Waals surface area contributed by atoms with E-state index in [9.17, 15) is 0 Å². The molecule has 0 rings (SSSR count). The predicted octanol–water partition coefficient (Wildman–Crippen LogP) is 0.247. The molecule has 17 heavy (non-hydrogen) atoms. The maximum atomic E-state index is 5.40. The van der Waals surface area contributed by atoms with Gasteiger partial charge in [-0.2, -0.15) is 0 Å². The molecule has 0 heterocycles. The molecule has 0 amide bonds. The number of hydrogen-bond donors (Lipinski definition) is 3. The molecule has 0 aliphatic heterocycles. The van der Waals surface area contributed by atoms with Gasteiger partial charge < -0.3 is 14.8 Å². The van der Waals surface area contributed by atoms with Crippen LogP contribution in [0.3, 0.4) is 0 Å². The second-order valence-electron chi connectivity index (χ2n) is 4.37. The summed E-state index contributed by atoms with van der Waals surface area (Å²) in [4.78, 5) is 4.32. The second kappa shape index (κ2) is 9.21. The number of ether oxygens (including phenoxy) is 2. The Morgan fingerprint density at radius 1 is 1.41 bits per heavy atom. The standard InChI is InChI=1S/C11H26N4O2/c1-5-17-8-6-7-13-10(15-12)14-11(2,3)9-16-4/h5-9,12H2,1-4H3,(H2,13,14,15). The van der Waals surface area contributed by atoms with E-state index in [4.69, 9.17) is 15.3 Å². The second-order valence-corrected chi connectivity index (χ2v) is 4.37. The minimum absolute atomic E-state index is 0.208. The van der Waals surface area contributed by atoms with Crippen LogP contribution in [0.1, 0.15) is 27.2 Å². The van der Waals surface area contributed by atoms with Crippen LogP contribution < -0.4 is 16.6 Å². The maximum Gasteiger partial charge on any atom is 0.206 e. The number of hydrogen-bond acceptors (Lipinski definition) is 4. The third kappa shape index (κ3) is 8.91. The normalized spacial score (nSPS) is 12.6. The highest BCUT2D eigenvalue weighted by atomic mass is 16.5. The largest absolute Gasteiger partial charge is 0.382 e. The molecule has 0 spiro atoms. The van der Waals surface area contributed by atoms with E-state index < -0.39 is 0 Å². The van der Waals surface area contributed by atoms with Crippen LogP contribution in [-0.4, -0.2) is 45.0 Å². The molecular formula is C11H26N4O2. The molecule has 0 aromatic rings. The Kier molecular flexibility index (Phi) is 8.75. The first-order valence-electron chi connectivity index (χ1n) is 5.91. The Balaban J connectivity index is 4.00. The van der Waals surface area contributed by atoms with Gasteiger partial charge in [-0.3, -0.25) is 10.4 Å². The van der Waals surface area contributed by atoms with Gasteiger partial charge in [0.25, 0.3) is 0 Å². The molecule has 102 valence electrons. The van der Waals surface area contributed by atoms with Gasteiger partial charge in [0.1, 0.15) is 0 Å². The molecule has 0 aromatic carbocycles. The van der Waals surface area contributed by atoms with Gasteiger partial charge in [0.15, 0.2) is 0 Å². The summed E-state index contributed by atoms with van der Waals surface area (Å²) < 4.78 is 10.3. The Hall–Kier alpha value is -0.850.